The van der Waals surface area contributed by atoms with E-state index in [-0.39, 0.29) is 10.6 Å². The van der Waals surface area contributed by atoms with Gasteiger partial charge in [0.05, 0.1) is 22.2 Å². The summed E-state index contributed by atoms with van der Waals surface area (Å²) in [6, 6.07) is 4.66. The predicted molar refractivity (Wildman–Crippen MR) is 78.0 cm³/mol. The molecular weight excluding hydrogens is 294 g/mol. The number of anilines is 2. The monoisotopic (exact) mass is 303 g/mol. The van der Waals surface area contributed by atoms with Crippen molar-refractivity contribution in [1.29, 1.82) is 0 Å². The van der Waals surface area contributed by atoms with Crippen molar-refractivity contribution < 1.29 is 9.90 Å². The molecule has 0 aliphatic rings. The van der Waals surface area contributed by atoms with Gasteiger partial charge in [-0.2, -0.15) is 5.10 Å². The normalized spacial score (nSPS) is 10.8. The van der Waals surface area contributed by atoms with Gasteiger partial charge in [-0.15, -0.1) is 0 Å². The molecule has 0 unspecified atom stereocenters. The van der Waals surface area contributed by atoms with E-state index in [1.165, 1.54) is 18.5 Å². The molecule has 0 radical (unpaired) electrons. The Morgan fingerprint density at radius 3 is 2.95 bits per heavy atom. The number of nitrogens with zero attached hydrogens (tertiary/aromatic N) is 4. The average Bonchev–Trinajstić information content (AvgIpc) is 2.84. The topological polar surface area (TPSA) is 92.9 Å². The Kier molecular flexibility index (Phi) is 3.19. The Morgan fingerprint density at radius 2 is 2.19 bits per heavy atom. The van der Waals surface area contributed by atoms with Gasteiger partial charge in [-0.1, -0.05) is 11.6 Å². The Bertz CT molecular complexity index is 846. The Hall–Kier alpha value is -2.67. The fourth-order valence-electron chi connectivity index (χ4n) is 1.97. The molecule has 0 aliphatic carbocycles. The van der Waals surface area contributed by atoms with Crippen molar-refractivity contribution >= 4 is 40.1 Å². The molecule has 3 rings (SSSR count). The second-order valence-electron chi connectivity index (χ2n) is 4.35. The van der Waals surface area contributed by atoms with Crippen LogP contribution in [0.3, 0.4) is 0 Å². The summed E-state index contributed by atoms with van der Waals surface area (Å²) >= 11 is 5.85. The number of aryl methyl sites for hydroxylation is 1. The Morgan fingerprint density at radius 1 is 1.38 bits per heavy atom. The van der Waals surface area contributed by atoms with E-state index in [4.69, 9.17) is 16.7 Å². The van der Waals surface area contributed by atoms with Crippen molar-refractivity contribution in [3.8, 4) is 0 Å². The van der Waals surface area contributed by atoms with Crippen molar-refractivity contribution in [3.63, 3.8) is 0 Å². The number of carboxylic acids is 1. The molecule has 3 aromatic rings. The maximum Gasteiger partial charge on any atom is 0.337 e. The van der Waals surface area contributed by atoms with Crippen LogP contribution in [-0.4, -0.2) is 30.8 Å². The van der Waals surface area contributed by atoms with E-state index in [2.05, 4.69) is 20.4 Å². The molecule has 0 bridgehead atoms. The van der Waals surface area contributed by atoms with E-state index in [1.807, 2.05) is 0 Å². The summed E-state index contributed by atoms with van der Waals surface area (Å²) in [5, 5.41) is 17.2. The minimum atomic E-state index is -1.09. The van der Waals surface area contributed by atoms with Crippen LogP contribution in [-0.2, 0) is 7.05 Å². The molecule has 2 N–H and O–H groups in total. The standard InChI is InChI=1S/C13H10ClN5O2/c1-19-12-9(5-17-19)11(15-6-16-12)18-7-2-3-10(14)8(4-7)13(20)21/h2-6H,1H3,(H,20,21)(H,15,16,18). The SMILES string of the molecule is Cn1ncc2c(Nc3ccc(Cl)c(C(=O)O)c3)ncnc21. The summed E-state index contributed by atoms with van der Waals surface area (Å²) in [4.78, 5) is 19.4. The molecule has 106 valence electrons. The highest BCUT2D eigenvalue weighted by atomic mass is 35.5. The molecule has 0 fully saturated rings. The van der Waals surface area contributed by atoms with Gasteiger partial charge in [0.1, 0.15) is 12.1 Å². The number of rotatable bonds is 3. The highest BCUT2D eigenvalue weighted by molar-refractivity contribution is 6.33. The summed E-state index contributed by atoms with van der Waals surface area (Å²) in [5.41, 5.74) is 1.28. The van der Waals surface area contributed by atoms with Gasteiger partial charge in [-0.25, -0.2) is 14.8 Å². The minimum absolute atomic E-state index is 0.0261. The van der Waals surface area contributed by atoms with Crippen LogP contribution in [0.5, 0.6) is 0 Å². The minimum Gasteiger partial charge on any atom is -0.478 e. The molecular formula is C13H10ClN5O2. The molecule has 21 heavy (non-hydrogen) atoms. The number of aromatic nitrogens is 4. The van der Waals surface area contributed by atoms with Crippen molar-refractivity contribution in [1.82, 2.24) is 19.7 Å². The zero-order chi connectivity index (χ0) is 15.0. The predicted octanol–water partition coefficient (Wildman–Crippen LogP) is 2.46. The van der Waals surface area contributed by atoms with E-state index in [9.17, 15) is 4.79 Å². The lowest BCUT2D eigenvalue weighted by Gasteiger charge is -2.08. The summed E-state index contributed by atoms with van der Waals surface area (Å²) in [5.74, 6) is -0.537. The van der Waals surface area contributed by atoms with Crippen molar-refractivity contribution in [3.05, 3.63) is 41.3 Å². The number of carboxylic acid groups (broad SMARTS) is 1. The first kappa shape index (κ1) is 13.3. The lowest BCUT2D eigenvalue weighted by Crippen LogP contribution is -2.01. The van der Waals surface area contributed by atoms with Crippen molar-refractivity contribution in [2.24, 2.45) is 7.05 Å². The lowest BCUT2D eigenvalue weighted by atomic mass is 10.2. The van der Waals surface area contributed by atoms with E-state index >= 15 is 0 Å². The van der Waals surface area contributed by atoms with Gasteiger partial charge >= 0.3 is 5.97 Å². The van der Waals surface area contributed by atoms with Crippen molar-refractivity contribution in [2.75, 3.05) is 5.32 Å². The molecule has 1 aromatic carbocycles. The zero-order valence-corrected chi connectivity index (χ0v) is 11.7. The third-order valence-corrected chi connectivity index (χ3v) is 3.32. The number of hydrogen-bond donors (Lipinski definition) is 2. The first-order valence-corrected chi connectivity index (χ1v) is 6.36. The number of hydrogen-bond acceptors (Lipinski definition) is 5. The summed E-state index contributed by atoms with van der Waals surface area (Å²) in [6.45, 7) is 0. The number of carbonyl (C=O) groups is 1. The second-order valence-corrected chi connectivity index (χ2v) is 4.76. The number of nitrogens with one attached hydrogen (secondary N) is 1. The fourth-order valence-corrected chi connectivity index (χ4v) is 2.16. The number of fused-ring (bicyclic) bond motifs is 1. The second kappa shape index (κ2) is 5.02. The van der Waals surface area contributed by atoms with Crippen LogP contribution in [0.4, 0.5) is 11.5 Å². The average molecular weight is 304 g/mol. The highest BCUT2D eigenvalue weighted by Gasteiger charge is 2.12. The molecule has 0 amide bonds. The van der Waals surface area contributed by atoms with Gasteiger partial charge in [-0.3, -0.25) is 4.68 Å². The van der Waals surface area contributed by atoms with Gasteiger partial charge in [0.25, 0.3) is 0 Å². The van der Waals surface area contributed by atoms with Crippen LogP contribution in [0.2, 0.25) is 5.02 Å². The first-order chi connectivity index (χ1) is 10.1. The van der Waals surface area contributed by atoms with Crippen LogP contribution in [0.1, 0.15) is 10.4 Å². The van der Waals surface area contributed by atoms with Gasteiger partial charge in [-0.05, 0) is 18.2 Å². The highest BCUT2D eigenvalue weighted by Crippen LogP contribution is 2.25. The molecule has 7 nitrogen and oxygen atoms in total. The van der Waals surface area contributed by atoms with Gasteiger partial charge in [0.15, 0.2) is 5.65 Å². The molecule has 0 atom stereocenters. The third-order valence-electron chi connectivity index (χ3n) is 2.99. The van der Waals surface area contributed by atoms with Gasteiger partial charge < -0.3 is 10.4 Å². The molecule has 2 aromatic heterocycles. The van der Waals surface area contributed by atoms with Crippen LogP contribution in [0, 0.1) is 0 Å². The van der Waals surface area contributed by atoms with E-state index in [0.29, 0.717) is 17.2 Å². The third kappa shape index (κ3) is 2.38. The van der Waals surface area contributed by atoms with E-state index in [0.717, 1.165) is 5.39 Å². The Balaban J connectivity index is 2.03. The van der Waals surface area contributed by atoms with Gasteiger partial charge in [0.2, 0.25) is 0 Å². The zero-order valence-electron chi connectivity index (χ0n) is 10.9. The summed E-state index contributed by atoms with van der Waals surface area (Å²) < 4.78 is 1.63. The molecule has 0 saturated heterocycles. The number of aromatic carboxylic acids is 1. The van der Waals surface area contributed by atoms with E-state index in [1.54, 1.807) is 24.0 Å². The van der Waals surface area contributed by atoms with Gasteiger partial charge in [0, 0.05) is 12.7 Å². The largest absolute Gasteiger partial charge is 0.478 e. The van der Waals surface area contributed by atoms with E-state index < -0.39 is 5.97 Å². The molecule has 8 heteroatoms. The quantitative estimate of drug-likeness (QED) is 0.772. The summed E-state index contributed by atoms with van der Waals surface area (Å²) in [7, 11) is 1.78. The first-order valence-electron chi connectivity index (χ1n) is 5.99. The smallest absolute Gasteiger partial charge is 0.337 e. The van der Waals surface area contributed by atoms with Crippen LogP contribution in [0.15, 0.2) is 30.7 Å². The maximum absolute atomic E-state index is 11.1. The molecule has 0 saturated carbocycles. The van der Waals surface area contributed by atoms with Crippen LogP contribution >= 0.6 is 11.6 Å². The fraction of sp³-hybridized carbons (Fsp3) is 0.0769. The van der Waals surface area contributed by atoms with Crippen LogP contribution < -0.4 is 5.32 Å². The lowest BCUT2D eigenvalue weighted by molar-refractivity contribution is 0.0697. The molecule has 0 spiro atoms. The maximum atomic E-state index is 11.1. The number of halogens is 1. The van der Waals surface area contributed by atoms with Crippen molar-refractivity contribution in [2.45, 2.75) is 0 Å². The number of benzene rings is 1. The summed E-state index contributed by atoms with van der Waals surface area (Å²) in [6.07, 6.45) is 3.06. The molecule has 0 aliphatic heterocycles. The Labute approximate surface area is 124 Å². The molecule has 2 heterocycles. The van der Waals surface area contributed by atoms with Crippen LogP contribution in [0.25, 0.3) is 11.0 Å².